The lowest BCUT2D eigenvalue weighted by Gasteiger charge is -2.16. The summed E-state index contributed by atoms with van der Waals surface area (Å²) >= 11 is 0. The average molecular weight is 351 g/mol. The highest BCUT2D eigenvalue weighted by Gasteiger charge is 2.45. The minimum atomic E-state index is -1.91. The second-order valence-corrected chi connectivity index (χ2v) is 5.25. The van der Waals surface area contributed by atoms with Crippen molar-refractivity contribution in [2.24, 2.45) is 0 Å². The molecule has 0 radical (unpaired) electrons. The van der Waals surface area contributed by atoms with E-state index in [-0.39, 0.29) is 11.5 Å². The summed E-state index contributed by atoms with van der Waals surface area (Å²) in [7, 11) is 0. The SMILES string of the molecule is O=C(Nc1ccn([C@H]2O[C@H](CO)[C@@H](O)[C@H]2F)c(=O)n1)c1cccnn1. The van der Waals surface area contributed by atoms with Crippen molar-refractivity contribution in [2.45, 2.75) is 24.6 Å². The van der Waals surface area contributed by atoms with Gasteiger partial charge in [-0.15, -0.1) is 5.10 Å². The first-order valence-corrected chi connectivity index (χ1v) is 7.28. The second kappa shape index (κ2) is 7.01. The summed E-state index contributed by atoms with van der Waals surface area (Å²) in [5.74, 6) is -0.682. The molecule has 3 heterocycles. The maximum atomic E-state index is 14.1. The number of carbonyl (C=O) groups excluding carboxylic acids is 1. The number of carbonyl (C=O) groups is 1. The van der Waals surface area contributed by atoms with Crippen molar-refractivity contribution in [1.29, 1.82) is 0 Å². The van der Waals surface area contributed by atoms with Crippen LogP contribution in [0.4, 0.5) is 10.2 Å². The number of anilines is 1. The third-order valence-electron chi connectivity index (χ3n) is 3.62. The summed E-state index contributed by atoms with van der Waals surface area (Å²) in [6.07, 6.45) is -3.45. The number of aromatic nitrogens is 4. The minimum absolute atomic E-state index is 0.0327. The van der Waals surface area contributed by atoms with Crippen LogP contribution in [0.25, 0.3) is 0 Å². The van der Waals surface area contributed by atoms with Crippen molar-refractivity contribution in [1.82, 2.24) is 19.7 Å². The Hall–Kier alpha value is -2.76. The Morgan fingerprint density at radius 3 is 2.84 bits per heavy atom. The Balaban J connectivity index is 1.78. The molecule has 4 atom stereocenters. The number of alkyl halides is 1. The summed E-state index contributed by atoms with van der Waals surface area (Å²) in [5.41, 5.74) is -0.860. The van der Waals surface area contributed by atoms with E-state index in [4.69, 9.17) is 9.84 Å². The topological polar surface area (TPSA) is 139 Å². The fraction of sp³-hybridized carbons (Fsp3) is 0.357. The zero-order valence-corrected chi connectivity index (χ0v) is 12.7. The molecular weight excluding hydrogens is 337 g/mol. The molecule has 0 saturated carbocycles. The van der Waals surface area contributed by atoms with Crippen molar-refractivity contribution in [3.8, 4) is 0 Å². The number of nitrogens with zero attached hydrogens (tertiary/aromatic N) is 4. The molecule has 10 nitrogen and oxygen atoms in total. The van der Waals surface area contributed by atoms with E-state index in [1.807, 2.05) is 0 Å². The van der Waals surface area contributed by atoms with Gasteiger partial charge in [0, 0.05) is 12.4 Å². The van der Waals surface area contributed by atoms with Gasteiger partial charge in [-0.25, -0.2) is 9.18 Å². The van der Waals surface area contributed by atoms with Gasteiger partial charge in [-0.2, -0.15) is 10.1 Å². The molecule has 1 fully saturated rings. The number of rotatable bonds is 4. The fourth-order valence-electron chi connectivity index (χ4n) is 2.36. The number of amides is 1. The van der Waals surface area contributed by atoms with Gasteiger partial charge in [0.1, 0.15) is 18.0 Å². The maximum absolute atomic E-state index is 14.1. The van der Waals surface area contributed by atoms with Crippen LogP contribution in [0.2, 0.25) is 0 Å². The van der Waals surface area contributed by atoms with Crippen LogP contribution in [-0.2, 0) is 4.74 Å². The molecular formula is C14H14FN5O5. The Kier molecular flexibility index (Phi) is 4.79. The summed E-state index contributed by atoms with van der Waals surface area (Å²) in [6, 6.07) is 4.22. The Labute approximate surface area is 139 Å². The predicted molar refractivity (Wildman–Crippen MR) is 80.4 cm³/mol. The van der Waals surface area contributed by atoms with Crippen LogP contribution in [0.1, 0.15) is 16.7 Å². The molecule has 1 amide bonds. The number of aliphatic hydroxyl groups is 2. The highest BCUT2D eigenvalue weighted by molar-refractivity contribution is 6.02. The lowest BCUT2D eigenvalue weighted by atomic mass is 10.1. The van der Waals surface area contributed by atoms with Gasteiger partial charge in [0.2, 0.25) is 0 Å². The number of hydrogen-bond donors (Lipinski definition) is 3. The molecule has 25 heavy (non-hydrogen) atoms. The first kappa shape index (κ1) is 17.1. The molecule has 2 aromatic heterocycles. The van der Waals surface area contributed by atoms with Crippen LogP contribution in [0.3, 0.4) is 0 Å². The summed E-state index contributed by atoms with van der Waals surface area (Å²) in [4.78, 5) is 27.6. The standard InChI is InChI=1S/C14H14FN5O5/c15-10-11(22)8(6-21)25-13(10)20-5-3-9(18-14(20)24)17-12(23)7-2-1-4-16-19-7/h1-5,8,10-11,13,21-22H,6H2,(H,17,18,23,24)/t8-,10-,11-,13+/m1/s1. The third-order valence-corrected chi connectivity index (χ3v) is 3.62. The quantitative estimate of drug-likeness (QED) is 0.629. The number of halogens is 1. The van der Waals surface area contributed by atoms with E-state index in [1.54, 1.807) is 0 Å². The monoisotopic (exact) mass is 351 g/mol. The van der Waals surface area contributed by atoms with Crippen molar-refractivity contribution >= 4 is 11.7 Å². The van der Waals surface area contributed by atoms with Gasteiger partial charge in [-0.3, -0.25) is 9.36 Å². The van der Waals surface area contributed by atoms with Gasteiger partial charge in [-0.05, 0) is 18.2 Å². The highest BCUT2D eigenvalue weighted by Crippen LogP contribution is 2.30. The molecule has 0 aromatic carbocycles. The van der Waals surface area contributed by atoms with Crippen LogP contribution in [-0.4, -0.2) is 60.9 Å². The van der Waals surface area contributed by atoms with E-state index in [0.29, 0.717) is 0 Å². The molecule has 0 spiro atoms. The van der Waals surface area contributed by atoms with Crippen LogP contribution in [0, 0.1) is 0 Å². The molecule has 3 N–H and O–H groups in total. The zero-order chi connectivity index (χ0) is 18.0. The second-order valence-electron chi connectivity index (χ2n) is 5.25. The van der Waals surface area contributed by atoms with E-state index >= 15 is 0 Å². The number of nitrogens with one attached hydrogen (secondary N) is 1. The molecule has 11 heteroatoms. The molecule has 3 rings (SSSR count). The Bertz CT molecular complexity index is 817. The molecule has 2 aromatic rings. The maximum Gasteiger partial charge on any atom is 0.351 e. The van der Waals surface area contributed by atoms with Gasteiger partial charge in [0.25, 0.3) is 5.91 Å². The molecule has 1 saturated heterocycles. The van der Waals surface area contributed by atoms with E-state index in [2.05, 4.69) is 20.5 Å². The van der Waals surface area contributed by atoms with E-state index in [9.17, 15) is 19.1 Å². The van der Waals surface area contributed by atoms with Crippen LogP contribution in [0.15, 0.2) is 35.4 Å². The smallest absolute Gasteiger partial charge is 0.351 e. The van der Waals surface area contributed by atoms with Crippen molar-refractivity contribution in [3.05, 3.63) is 46.8 Å². The lowest BCUT2D eigenvalue weighted by Crippen LogP contribution is -2.33. The molecule has 1 aliphatic heterocycles. The third kappa shape index (κ3) is 3.38. The molecule has 0 aliphatic carbocycles. The van der Waals surface area contributed by atoms with Gasteiger partial charge in [0.15, 0.2) is 18.1 Å². The van der Waals surface area contributed by atoms with Crippen molar-refractivity contribution < 1.29 is 24.1 Å². The largest absolute Gasteiger partial charge is 0.394 e. The number of aliphatic hydroxyl groups excluding tert-OH is 2. The minimum Gasteiger partial charge on any atom is -0.394 e. The van der Waals surface area contributed by atoms with Crippen molar-refractivity contribution in [3.63, 3.8) is 0 Å². The number of hydrogen-bond acceptors (Lipinski definition) is 8. The van der Waals surface area contributed by atoms with Gasteiger partial charge in [-0.1, -0.05) is 0 Å². The van der Waals surface area contributed by atoms with Gasteiger partial charge >= 0.3 is 5.69 Å². The molecule has 132 valence electrons. The highest BCUT2D eigenvalue weighted by atomic mass is 19.1. The Morgan fingerprint density at radius 2 is 2.24 bits per heavy atom. The summed E-state index contributed by atoms with van der Waals surface area (Å²) in [6.45, 7) is -0.591. The Morgan fingerprint density at radius 1 is 1.44 bits per heavy atom. The summed E-state index contributed by atoms with van der Waals surface area (Å²) in [5, 5.41) is 28.2. The van der Waals surface area contributed by atoms with Crippen LogP contribution < -0.4 is 11.0 Å². The average Bonchev–Trinajstić information content (AvgIpc) is 2.91. The molecule has 1 aliphatic rings. The molecule has 0 unspecified atom stereocenters. The first-order valence-electron chi connectivity index (χ1n) is 7.28. The zero-order valence-electron chi connectivity index (χ0n) is 12.7. The van der Waals surface area contributed by atoms with Crippen molar-refractivity contribution in [2.75, 3.05) is 11.9 Å². The van der Waals surface area contributed by atoms with Gasteiger partial charge < -0.3 is 20.3 Å². The summed E-state index contributed by atoms with van der Waals surface area (Å²) < 4.78 is 20.0. The van der Waals surface area contributed by atoms with Crippen LogP contribution in [0.5, 0.6) is 0 Å². The molecule has 0 bridgehead atoms. The predicted octanol–water partition coefficient (Wildman–Crippen LogP) is -1.13. The van der Waals surface area contributed by atoms with E-state index < -0.39 is 42.8 Å². The normalized spacial score (nSPS) is 25.7. The number of ether oxygens (including phenoxy) is 1. The van der Waals surface area contributed by atoms with E-state index in [1.165, 1.54) is 30.6 Å². The first-order chi connectivity index (χ1) is 12.0. The fourth-order valence-corrected chi connectivity index (χ4v) is 2.36. The lowest BCUT2D eigenvalue weighted by molar-refractivity contribution is -0.0490. The van der Waals surface area contributed by atoms with E-state index in [0.717, 1.165) is 4.57 Å². The van der Waals surface area contributed by atoms with Crippen LogP contribution >= 0.6 is 0 Å². The van der Waals surface area contributed by atoms with Gasteiger partial charge in [0.05, 0.1) is 6.61 Å².